The molecule has 1 aliphatic rings. The SMILES string of the molecule is CC(=O)Nc1ccc(C2=CC=IC(Nc3cccc(C(=O)NC(c4ccccc4)c4ccccc4)c3)=N2)cc1. The fourth-order valence-electron chi connectivity index (χ4n) is 4.18. The number of allylic oxidation sites excluding steroid dienone is 1. The van der Waals surface area contributed by atoms with Crippen LogP contribution < -0.4 is 16.0 Å². The van der Waals surface area contributed by atoms with E-state index in [0.717, 1.165) is 37.6 Å². The highest BCUT2D eigenvalue weighted by molar-refractivity contribution is 14.2. The lowest BCUT2D eigenvalue weighted by Crippen LogP contribution is -2.29. The van der Waals surface area contributed by atoms with Gasteiger partial charge in [0, 0.05) is 29.4 Å². The van der Waals surface area contributed by atoms with E-state index in [2.05, 4.69) is 20.0 Å². The molecule has 0 saturated heterocycles. The third-order valence-corrected chi connectivity index (χ3v) is 7.84. The topological polar surface area (TPSA) is 82.6 Å². The summed E-state index contributed by atoms with van der Waals surface area (Å²) in [6.07, 6.45) is 2.03. The highest BCUT2D eigenvalue weighted by atomic mass is 127. The molecular weight excluding hydrogens is 599 g/mol. The van der Waals surface area contributed by atoms with E-state index >= 15 is 0 Å². The van der Waals surface area contributed by atoms with Gasteiger partial charge in [-0.05, 0) is 72.3 Å². The van der Waals surface area contributed by atoms with Crippen molar-refractivity contribution in [2.75, 3.05) is 10.6 Å². The van der Waals surface area contributed by atoms with Gasteiger partial charge in [-0.1, -0.05) is 78.9 Å². The van der Waals surface area contributed by atoms with E-state index in [-0.39, 0.29) is 17.9 Å². The minimum absolute atomic E-state index is 0.103. The fraction of sp³-hybridized carbons (Fsp3) is 0.0625. The molecule has 1 aliphatic heterocycles. The van der Waals surface area contributed by atoms with Gasteiger partial charge in [-0.15, -0.1) is 0 Å². The molecule has 0 fully saturated rings. The van der Waals surface area contributed by atoms with Crippen LogP contribution in [0.4, 0.5) is 11.4 Å². The third kappa shape index (κ3) is 6.94. The summed E-state index contributed by atoms with van der Waals surface area (Å²) in [7, 11) is 0. The van der Waals surface area contributed by atoms with Crippen LogP contribution in [0.3, 0.4) is 0 Å². The van der Waals surface area contributed by atoms with Gasteiger partial charge in [0.05, 0.1) is 11.7 Å². The van der Waals surface area contributed by atoms with E-state index < -0.39 is 20.7 Å². The molecule has 0 aliphatic carbocycles. The highest BCUT2D eigenvalue weighted by Gasteiger charge is 2.18. The predicted octanol–water partition coefficient (Wildman–Crippen LogP) is 6.76. The number of amides is 2. The summed E-state index contributed by atoms with van der Waals surface area (Å²) in [5.41, 5.74) is 5.98. The second kappa shape index (κ2) is 12.4. The lowest BCUT2D eigenvalue weighted by molar-refractivity contribution is -0.114. The Kier molecular flexibility index (Phi) is 8.38. The number of benzene rings is 4. The van der Waals surface area contributed by atoms with Crippen molar-refractivity contribution >= 4 is 57.5 Å². The van der Waals surface area contributed by atoms with Gasteiger partial charge in [0.1, 0.15) is 0 Å². The van der Waals surface area contributed by atoms with Gasteiger partial charge < -0.3 is 16.0 Å². The zero-order valence-corrected chi connectivity index (χ0v) is 23.4. The second-order valence-corrected chi connectivity index (χ2v) is 11.2. The first-order chi connectivity index (χ1) is 19.0. The predicted molar refractivity (Wildman–Crippen MR) is 168 cm³/mol. The zero-order chi connectivity index (χ0) is 27.0. The Morgan fingerprint density at radius 2 is 1.44 bits per heavy atom. The Morgan fingerprint density at radius 3 is 2.08 bits per heavy atom. The first-order valence-electron chi connectivity index (χ1n) is 12.5. The molecule has 39 heavy (non-hydrogen) atoms. The molecule has 0 bridgehead atoms. The summed E-state index contributed by atoms with van der Waals surface area (Å²) in [4.78, 5) is 29.5. The van der Waals surface area contributed by atoms with E-state index in [0.29, 0.717) is 5.56 Å². The van der Waals surface area contributed by atoms with Gasteiger partial charge in [0.25, 0.3) is 5.91 Å². The molecule has 0 unspecified atom stereocenters. The highest BCUT2D eigenvalue weighted by Crippen LogP contribution is 2.25. The Balaban J connectivity index is 1.31. The summed E-state index contributed by atoms with van der Waals surface area (Å²) in [5, 5.41) is 9.41. The van der Waals surface area contributed by atoms with Gasteiger partial charge in [-0.3, -0.25) is 9.59 Å². The number of anilines is 2. The average molecular weight is 626 g/mol. The number of nitrogens with zero attached hydrogens (tertiary/aromatic N) is 1. The van der Waals surface area contributed by atoms with Gasteiger partial charge in [-0.25, -0.2) is 4.99 Å². The van der Waals surface area contributed by atoms with Crippen molar-refractivity contribution in [1.29, 1.82) is 0 Å². The Labute approximate surface area is 237 Å². The molecule has 0 atom stereocenters. The number of amidine groups is 1. The Morgan fingerprint density at radius 1 is 0.769 bits per heavy atom. The minimum Gasteiger partial charge on any atom is -0.341 e. The molecule has 5 rings (SSSR count). The van der Waals surface area contributed by atoms with Gasteiger partial charge >= 0.3 is 0 Å². The smallest absolute Gasteiger partial charge is 0.252 e. The molecule has 4 aromatic carbocycles. The van der Waals surface area contributed by atoms with Crippen LogP contribution >= 0.6 is 20.7 Å². The Hall–Kier alpha value is -4.37. The molecular formula is C32H27IN4O2. The monoisotopic (exact) mass is 626 g/mol. The van der Waals surface area contributed by atoms with E-state index in [1.807, 2.05) is 115 Å². The van der Waals surface area contributed by atoms with Crippen molar-refractivity contribution in [2.24, 2.45) is 4.99 Å². The van der Waals surface area contributed by atoms with Crippen LogP contribution in [0.1, 0.15) is 40.0 Å². The maximum Gasteiger partial charge on any atom is 0.252 e. The molecule has 3 N–H and O–H groups in total. The number of nitrogens with one attached hydrogen (secondary N) is 3. The maximum atomic E-state index is 13.4. The first-order valence-corrected chi connectivity index (χ1v) is 14.8. The number of carbonyl (C=O) groups is 2. The van der Waals surface area contributed by atoms with E-state index in [9.17, 15) is 9.59 Å². The molecule has 6 nitrogen and oxygen atoms in total. The molecule has 0 saturated carbocycles. The average Bonchev–Trinajstić information content (AvgIpc) is 2.97. The standard InChI is InChI=1S/C32H27IN4O2/c1-22(38)34-27-17-15-23(16-18-27)29-19-20-33-32(36-29)35-28-14-8-13-26(21-28)31(39)37-30(24-9-4-2-5-10-24)25-11-6-3-7-12-25/h2-21,30H,1H3,(H,34,38)(H,35,36)(H,37,39). The molecule has 4 aromatic rings. The van der Waals surface area contributed by atoms with Crippen molar-refractivity contribution in [3.05, 3.63) is 138 Å². The van der Waals surface area contributed by atoms with Crippen LogP contribution in [0.15, 0.2) is 120 Å². The van der Waals surface area contributed by atoms with E-state index in [1.54, 1.807) is 0 Å². The normalized spacial score (nSPS) is 12.6. The number of halogens is 1. The van der Waals surface area contributed by atoms with Crippen molar-refractivity contribution in [2.45, 2.75) is 13.0 Å². The summed E-state index contributed by atoms with van der Waals surface area (Å²) in [6, 6.07) is 34.8. The molecule has 2 amide bonds. The maximum absolute atomic E-state index is 13.4. The summed E-state index contributed by atoms with van der Waals surface area (Å²) in [5.74, 6) is -0.253. The summed E-state index contributed by atoms with van der Waals surface area (Å²) in [6.45, 7) is 1.49. The first kappa shape index (κ1) is 26.2. The van der Waals surface area contributed by atoms with E-state index in [1.165, 1.54) is 6.92 Å². The largest absolute Gasteiger partial charge is 0.341 e. The number of carbonyl (C=O) groups excluding carboxylic acids is 2. The Bertz CT molecular complexity index is 1520. The molecule has 0 radical (unpaired) electrons. The van der Waals surface area contributed by atoms with E-state index in [4.69, 9.17) is 4.99 Å². The fourth-order valence-corrected chi connectivity index (χ4v) is 5.91. The van der Waals surface area contributed by atoms with Gasteiger partial charge in [0.2, 0.25) is 5.91 Å². The van der Waals surface area contributed by atoms with Crippen LogP contribution in [-0.4, -0.2) is 19.7 Å². The molecule has 0 spiro atoms. The molecule has 0 aromatic heterocycles. The molecule has 194 valence electrons. The van der Waals surface area contributed by atoms with Crippen molar-refractivity contribution in [3.8, 4) is 0 Å². The van der Waals surface area contributed by atoms with Crippen LogP contribution in [0, 0.1) is 0 Å². The summed E-state index contributed by atoms with van der Waals surface area (Å²) >= 11 is -0.436. The van der Waals surface area contributed by atoms with Crippen molar-refractivity contribution in [1.82, 2.24) is 5.32 Å². The molecule has 1 heterocycles. The lowest BCUT2D eigenvalue weighted by atomic mass is 9.98. The van der Waals surface area contributed by atoms with Gasteiger partial charge in [0.15, 0.2) is 3.84 Å². The molecule has 7 heteroatoms. The van der Waals surface area contributed by atoms with Crippen LogP contribution in [0.25, 0.3) is 5.70 Å². The summed E-state index contributed by atoms with van der Waals surface area (Å²) < 4.78 is 3.05. The third-order valence-electron chi connectivity index (χ3n) is 6.02. The van der Waals surface area contributed by atoms with Crippen LogP contribution in [0.2, 0.25) is 0 Å². The number of hydrogen-bond acceptors (Lipinski definition) is 4. The lowest BCUT2D eigenvalue weighted by Gasteiger charge is -2.20. The van der Waals surface area contributed by atoms with Gasteiger partial charge in [-0.2, -0.15) is 0 Å². The van der Waals surface area contributed by atoms with Crippen molar-refractivity contribution in [3.63, 3.8) is 0 Å². The van der Waals surface area contributed by atoms with Crippen LogP contribution in [-0.2, 0) is 4.79 Å². The quantitative estimate of drug-likeness (QED) is 0.157. The minimum atomic E-state index is -0.436. The number of hydrogen-bond donors (Lipinski definition) is 3. The number of rotatable bonds is 7. The van der Waals surface area contributed by atoms with Crippen molar-refractivity contribution < 1.29 is 9.59 Å². The number of aliphatic imine (C=N–C) groups is 1. The second-order valence-electron chi connectivity index (χ2n) is 8.88. The van der Waals surface area contributed by atoms with Crippen LogP contribution in [0.5, 0.6) is 0 Å². The zero-order valence-electron chi connectivity index (χ0n) is 21.3.